The molecule has 5 heteroatoms. The summed E-state index contributed by atoms with van der Waals surface area (Å²) in [7, 11) is 0. The van der Waals surface area contributed by atoms with E-state index in [0.717, 1.165) is 11.6 Å². The van der Waals surface area contributed by atoms with Crippen LogP contribution in [0.15, 0.2) is 42.5 Å². The van der Waals surface area contributed by atoms with Crippen LogP contribution in [0, 0.1) is 17.1 Å². The van der Waals surface area contributed by atoms with Crippen molar-refractivity contribution in [2.45, 2.75) is 6.42 Å². The van der Waals surface area contributed by atoms with E-state index in [4.69, 9.17) is 16.9 Å². The van der Waals surface area contributed by atoms with Crippen LogP contribution in [0.25, 0.3) is 0 Å². The molecule has 0 atom stereocenters. The van der Waals surface area contributed by atoms with Gasteiger partial charge in [0.25, 0.3) is 5.91 Å². The molecule has 0 saturated carbocycles. The van der Waals surface area contributed by atoms with Gasteiger partial charge in [0, 0.05) is 5.69 Å². The summed E-state index contributed by atoms with van der Waals surface area (Å²) in [5.74, 6) is -0.907. The second kappa shape index (κ2) is 6.18. The van der Waals surface area contributed by atoms with Gasteiger partial charge in [0.15, 0.2) is 0 Å². The summed E-state index contributed by atoms with van der Waals surface area (Å²) in [6.45, 7) is 0. The highest BCUT2D eigenvalue weighted by Crippen LogP contribution is 2.19. The smallest absolute Gasteiger partial charge is 0.257 e. The van der Waals surface area contributed by atoms with Gasteiger partial charge in [-0.1, -0.05) is 23.7 Å². The monoisotopic (exact) mass is 288 g/mol. The average molecular weight is 289 g/mol. The summed E-state index contributed by atoms with van der Waals surface area (Å²) in [6, 6.07) is 12.5. The van der Waals surface area contributed by atoms with E-state index in [9.17, 15) is 9.18 Å². The van der Waals surface area contributed by atoms with Crippen LogP contribution in [-0.2, 0) is 6.42 Å². The van der Waals surface area contributed by atoms with Gasteiger partial charge in [-0.05, 0) is 35.9 Å². The van der Waals surface area contributed by atoms with Crippen molar-refractivity contribution < 1.29 is 9.18 Å². The first-order valence-corrected chi connectivity index (χ1v) is 6.20. The van der Waals surface area contributed by atoms with Crippen molar-refractivity contribution in [3.63, 3.8) is 0 Å². The lowest BCUT2D eigenvalue weighted by atomic mass is 10.1. The third kappa shape index (κ3) is 3.34. The fraction of sp³-hybridized carbons (Fsp3) is 0.0667. The number of nitrogens with zero attached hydrogens (tertiary/aromatic N) is 1. The number of rotatable bonds is 3. The Bertz CT molecular complexity index is 677. The molecule has 0 spiro atoms. The summed E-state index contributed by atoms with van der Waals surface area (Å²) in [4.78, 5) is 12.0. The summed E-state index contributed by atoms with van der Waals surface area (Å²) >= 11 is 5.82. The standard InChI is InChI=1S/C15H10ClFN2O/c16-14-9-11(17)3-6-13(14)15(20)19-12-4-1-10(2-5-12)7-8-18/h1-6,9H,7H2,(H,19,20). The first-order chi connectivity index (χ1) is 9.60. The molecule has 2 aromatic carbocycles. The number of nitriles is 1. The molecule has 0 unspecified atom stereocenters. The number of hydrogen-bond acceptors (Lipinski definition) is 2. The third-order valence-corrected chi connectivity index (χ3v) is 2.98. The molecule has 0 saturated heterocycles. The minimum absolute atomic E-state index is 0.0589. The SMILES string of the molecule is N#CCc1ccc(NC(=O)c2ccc(F)cc2Cl)cc1. The van der Waals surface area contributed by atoms with Gasteiger partial charge in [-0.3, -0.25) is 4.79 Å². The van der Waals surface area contributed by atoms with Gasteiger partial charge in [0.1, 0.15) is 5.82 Å². The molecule has 2 rings (SSSR count). The van der Waals surface area contributed by atoms with E-state index in [1.165, 1.54) is 12.1 Å². The van der Waals surface area contributed by atoms with Crippen molar-refractivity contribution in [3.05, 3.63) is 64.4 Å². The summed E-state index contributed by atoms with van der Waals surface area (Å²) in [6.07, 6.45) is 0.317. The van der Waals surface area contributed by atoms with Crippen LogP contribution >= 0.6 is 11.6 Å². The van der Waals surface area contributed by atoms with E-state index in [-0.39, 0.29) is 10.6 Å². The van der Waals surface area contributed by atoms with Crippen LogP contribution in [-0.4, -0.2) is 5.91 Å². The van der Waals surface area contributed by atoms with Gasteiger partial charge >= 0.3 is 0 Å². The Balaban J connectivity index is 2.13. The molecule has 0 fully saturated rings. The van der Waals surface area contributed by atoms with Crippen LogP contribution in [0.3, 0.4) is 0 Å². The Morgan fingerprint density at radius 3 is 2.55 bits per heavy atom. The lowest BCUT2D eigenvalue weighted by molar-refractivity contribution is 0.102. The normalized spacial score (nSPS) is 9.85. The minimum atomic E-state index is -0.493. The zero-order valence-electron chi connectivity index (χ0n) is 10.4. The van der Waals surface area contributed by atoms with Crippen molar-refractivity contribution in [3.8, 4) is 6.07 Å². The van der Waals surface area contributed by atoms with E-state index >= 15 is 0 Å². The Hall–Kier alpha value is -2.38. The number of hydrogen-bond donors (Lipinski definition) is 1. The first-order valence-electron chi connectivity index (χ1n) is 5.82. The number of nitrogens with one attached hydrogen (secondary N) is 1. The number of benzene rings is 2. The fourth-order valence-corrected chi connectivity index (χ4v) is 1.92. The fourth-order valence-electron chi connectivity index (χ4n) is 1.67. The van der Waals surface area contributed by atoms with Crippen LogP contribution in [0.5, 0.6) is 0 Å². The molecular weight excluding hydrogens is 279 g/mol. The molecule has 100 valence electrons. The van der Waals surface area contributed by atoms with E-state index in [1.54, 1.807) is 24.3 Å². The maximum absolute atomic E-state index is 12.9. The van der Waals surface area contributed by atoms with Gasteiger partial charge < -0.3 is 5.32 Å². The van der Waals surface area contributed by atoms with E-state index in [1.807, 2.05) is 6.07 Å². The molecule has 0 aromatic heterocycles. The summed E-state index contributed by atoms with van der Waals surface area (Å²) in [5, 5.41) is 11.3. The predicted molar refractivity (Wildman–Crippen MR) is 75.1 cm³/mol. The minimum Gasteiger partial charge on any atom is -0.322 e. The largest absolute Gasteiger partial charge is 0.322 e. The van der Waals surface area contributed by atoms with Crippen molar-refractivity contribution in [2.75, 3.05) is 5.32 Å². The van der Waals surface area contributed by atoms with Gasteiger partial charge in [0.05, 0.1) is 23.1 Å². The quantitative estimate of drug-likeness (QED) is 0.934. The summed E-state index contributed by atoms with van der Waals surface area (Å²) < 4.78 is 12.9. The highest BCUT2D eigenvalue weighted by Gasteiger charge is 2.11. The number of carbonyl (C=O) groups is 1. The number of carbonyl (C=O) groups excluding carboxylic acids is 1. The molecule has 1 N–H and O–H groups in total. The van der Waals surface area contributed by atoms with Crippen molar-refractivity contribution in [1.82, 2.24) is 0 Å². The molecule has 0 radical (unpaired) electrons. The molecule has 0 aliphatic carbocycles. The van der Waals surface area contributed by atoms with E-state index in [0.29, 0.717) is 12.1 Å². The van der Waals surface area contributed by atoms with Gasteiger partial charge in [-0.2, -0.15) is 5.26 Å². The molecule has 2 aromatic rings. The number of halogens is 2. The average Bonchev–Trinajstić information content (AvgIpc) is 2.41. The second-order valence-corrected chi connectivity index (χ2v) is 4.52. The lowest BCUT2D eigenvalue weighted by Crippen LogP contribution is -2.12. The van der Waals surface area contributed by atoms with E-state index < -0.39 is 11.7 Å². The zero-order valence-corrected chi connectivity index (χ0v) is 11.1. The summed E-state index contributed by atoms with van der Waals surface area (Å²) in [5.41, 5.74) is 1.65. The van der Waals surface area contributed by atoms with E-state index in [2.05, 4.69) is 5.32 Å². The van der Waals surface area contributed by atoms with Crippen molar-refractivity contribution in [2.24, 2.45) is 0 Å². The zero-order chi connectivity index (χ0) is 14.5. The molecular formula is C15H10ClFN2O. The van der Waals surface area contributed by atoms with Crippen LogP contribution in [0.2, 0.25) is 5.02 Å². The molecule has 20 heavy (non-hydrogen) atoms. The second-order valence-electron chi connectivity index (χ2n) is 4.11. The Morgan fingerprint density at radius 1 is 1.25 bits per heavy atom. The molecule has 0 aliphatic heterocycles. The van der Waals surface area contributed by atoms with Gasteiger partial charge in [-0.25, -0.2) is 4.39 Å². The molecule has 3 nitrogen and oxygen atoms in total. The Kier molecular flexibility index (Phi) is 4.34. The topological polar surface area (TPSA) is 52.9 Å². The lowest BCUT2D eigenvalue weighted by Gasteiger charge is -2.07. The number of anilines is 1. The van der Waals surface area contributed by atoms with Crippen LogP contribution < -0.4 is 5.32 Å². The Morgan fingerprint density at radius 2 is 1.95 bits per heavy atom. The van der Waals surface area contributed by atoms with Crippen molar-refractivity contribution >= 4 is 23.2 Å². The Labute approximate surface area is 120 Å². The first kappa shape index (κ1) is 14.0. The number of amides is 1. The molecule has 0 aliphatic rings. The molecule has 0 heterocycles. The molecule has 0 bridgehead atoms. The molecule has 1 amide bonds. The third-order valence-electron chi connectivity index (χ3n) is 2.67. The highest BCUT2D eigenvalue weighted by atomic mass is 35.5. The van der Waals surface area contributed by atoms with Crippen LogP contribution in [0.4, 0.5) is 10.1 Å². The van der Waals surface area contributed by atoms with Gasteiger partial charge in [0.2, 0.25) is 0 Å². The van der Waals surface area contributed by atoms with Gasteiger partial charge in [-0.15, -0.1) is 0 Å². The maximum atomic E-state index is 12.9. The van der Waals surface area contributed by atoms with Crippen molar-refractivity contribution in [1.29, 1.82) is 5.26 Å². The maximum Gasteiger partial charge on any atom is 0.257 e. The predicted octanol–water partition coefficient (Wildman–Crippen LogP) is 3.80. The highest BCUT2D eigenvalue weighted by molar-refractivity contribution is 6.34. The van der Waals surface area contributed by atoms with Crippen LogP contribution in [0.1, 0.15) is 15.9 Å².